The predicted octanol–water partition coefficient (Wildman–Crippen LogP) is 3.15. The van der Waals surface area contributed by atoms with Crippen LogP contribution in [0.3, 0.4) is 0 Å². The summed E-state index contributed by atoms with van der Waals surface area (Å²) in [7, 11) is 1.61. The van der Waals surface area contributed by atoms with Gasteiger partial charge < -0.3 is 21.1 Å². The Balaban J connectivity index is 2.02. The third-order valence-electron chi connectivity index (χ3n) is 3.45. The quantitative estimate of drug-likeness (QED) is 0.568. The van der Waals surface area contributed by atoms with Gasteiger partial charge in [0.25, 0.3) is 5.91 Å². The molecule has 4 N–H and O–H groups in total. The Morgan fingerprint density at radius 3 is 2.58 bits per heavy atom. The number of hydrogen-bond donors (Lipinski definition) is 3. The lowest BCUT2D eigenvalue weighted by Gasteiger charge is -2.20. The number of nitrogens with two attached hydrogens (primary N) is 1. The van der Waals surface area contributed by atoms with Crippen LogP contribution in [0.25, 0.3) is 0 Å². The highest BCUT2D eigenvalue weighted by Crippen LogP contribution is 2.16. The smallest absolute Gasteiger partial charge is 0.251 e. The highest BCUT2D eigenvalue weighted by molar-refractivity contribution is 5.95. The van der Waals surface area contributed by atoms with Crippen LogP contribution in [0.4, 0.5) is 5.69 Å². The van der Waals surface area contributed by atoms with Crippen LogP contribution in [0.2, 0.25) is 0 Å². The van der Waals surface area contributed by atoms with Gasteiger partial charge in [-0.2, -0.15) is 0 Å². The Hall–Kier alpha value is -3.02. The second-order valence-corrected chi connectivity index (χ2v) is 6.96. The maximum Gasteiger partial charge on any atom is 0.251 e. The SMILES string of the molecule is COc1cccc(NC(N)=NCc2cccc(C(=O)NC(C)(C)C)c2)c1. The van der Waals surface area contributed by atoms with Crippen molar-refractivity contribution in [3.8, 4) is 5.75 Å². The third-order valence-corrected chi connectivity index (χ3v) is 3.45. The molecule has 6 nitrogen and oxygen atoms in total. The van der Waals surface area contributed by atoms with Crippen molar-refractivity contribution in [2.45, 2.75) is 32.9 Å². The normalized spacial score (nSPS) is 11.8. The first kappa shape index (κ1) is 19.3. The van der Waals surface area contributed by atoms with Crippen LogP contribution in [-0.2, 0) is 6.54 Å². The largest absolute Gasteiger partial charge is 0.497 e. The average molecular weight is 354 g/mol. The molecule has 0 heterocycles. The summed E-state index contributed by atoms with van der Waals surface area (Å²) in [5, 5.41) is 5.97. The Morgan fingerprint density at radius 1 is 1.15 bits per heavy atom. The van der Waals surface area contributed by atoms with Crippen molar-refractivity contribution in [2.24, 2.45) is 10.7 Å². The highest BCUT2D eigenvalue weighted by Gasteiger charge is 2.15. The van der Waals surface area contributed by atoms with Gasteiger partial charge >= 0.3 is 0 Å². The van der Waals surface area contributed by atoms with Crippen LogP contribution >= 0.6 is 0 Å². The molecule has 0 radical (unpaired) electrons. The molecule has 0 aliphatic carbocycles. The minimum Gasteiger partial charge on any atom is -0.497 e. The molecular formula is C20H26N4O2. The molecule has 138 valence electrons. The summed E-state index contributed by atoms with van der Waals surface area (Å²) in [6.45, 7) is 6.22. The van der Waals surface area contributed by atoms with E-state index in [4.69, 9.17) is 10.5 Å². The number of nitrogens with zero attached hydrogens (tertiary/aromatic N) is 1. The average Bonchev–Trinajstić information content (AvgIpc) is 2.59. The number of guanidine groups is 1. The summed E-state index contributed by atoms with van der Waals surface area (Å²) in [6.07, 6.45) is 0. The summed E-state index contributed by atoms with van der Waals surface area (Å²) in [4.78, 5) is 16.6. The van der Waals surface area contributed by atoms with Gasteiger partial charge in [0.2, 0.25) is 0 Å². The molecule has 0 saturated carbocycles. The lowest BCUT2D eigenvalue weighted by Crippen LogP contribution is -2.40. The van der Waals surface area contributed by atoms with Gasteiger partial charge in [0.15, 0.2) is 5.96 Å². The Labute approximate surface area is 154 Å². The predicted molar refractivity (Wildman–Crippen MR) is 106 cm³/mol. The first-order valence-electron chi connectivity index (χ1n) is 8.39. The fourth-order valence-electron chi connectivity index (χ4n) is 2.29. The number of carbonyl (C=O) groups excluding carboxylic acids is 1. The Kier molecular flexibility index (Phi) is 6.22. The van der Waals surface area contributed by atoms with Gasteiger partial charge in [-0.25, -0.2) is 4.99 Å². The van der Waals surface area contributed by atoms with E-state index in [1.165, 1.54) is 0 Å². The second kappa shape index (κ2) is 8.38. The van der Waals surface area contributed by atoms with E-state index in [1.54, 1.807) is 13.2 Å². The monoisotopic (exact) mass is 354 g/mol. The fraction of sp³-hybridized carbons (Fsp3) is 0.300. The van der Waals surface area contributed by atoms with E-state index >= 15 is 0 Å². The van der Waals surface area contributed by atoms with Crippen LogP contribution in [-0.4, -0.2) is 24.5 Å². The molecule has 2 aromatic carbocycles. The molecule has 6 heteroatoms. The Bertz CT molecular complexity index is 794. The fourth-order valence-corrected chi connectivity index (χ4v) is 2.29. The van der Waals surface area contributed by atoms with Gasteiger partial charge in [0, 0.05) is 22.9 Å². The highest BCUT2D eigenvalue weighted by atomic mass is 16.5. The van der Waals surface area contributed by atoms with Crippen LogP contribution in [0.1, 0.15) is 36.7 Å². The number of aliphatic imine (C=N–C) groups is 1. The summed E-state index contributed by atoms with van der Waals surface area (Å²) < 4.78 is 5.18. The molecule has 0 aromatic heterocycles. The van der Waals surface area contributed by atoms with E-state index in [1.807, 2.05) is 63.2 Å². The van der Waals surface area contributed by atoms with Gasteiger partial charge in [-0.15, -0.1) is 0 Å². The molecule has 0 aliphatic heterocycles. The van der Waals surface area contributed by atoms with Crippen molar-refractivity contribution >= 4 is 17.6 Å². The minimum atomic E-state index is -0.281. The number of ether oxygens (including phenoxy) is 1. The lowest BCUT2D eigenvalue weighted by molar-refractivity contribution is 0.0919. The number of methoxy groups -OCH3 is 1. The number of anilines is 1. The summed E-state index contributed by atoms with van der Waals surface area (Å²) in [5.41, 5.74) is 7.97. The van der Waals surface area contributed by atoms with E-state index in [0.717, 1.165) is 17.0 Å². The van der Waals surface area contributed by atoms with Crippen molar-refractivity contribution in [3.63, 3.8) is 0 Å². The minimum absolute atomic E-state index is 0.106. The maximum atomic E-state index is 12.3. The molecule has 1 amide bonds. The first-order valence-corrected chi connectivity index (χ1v) is 8.39. The molecule has 2 rings (SSSR count). The van der Waals surface area contributed by atoms with Crippen LogP contribution < -0.4 is 21.1 Å². The zero-order valence-corrected chi connectivity index (χ0v) is 15.7. The van der Waals surface area contributed by atoms with Gasteiger partial charge in [0.05, 0.1) is 13.7 Å². The number of benzene rings is 2. The standard InChI is InChI=1S/C20H26N4O2/c1-20(2,3)24-18(25)15-8-5-7-14(11-15)13-22-19(21)23-16-9-6-10-17(12-16)26-4/h5-12H,13H2,1-4H3,(H,24,25)(H3,21,22,23). The second-order valence-electron chi connectivity index (χ2n) is 6.96. The van der Waals surface area contributed by atoms with E-state index in [0.29, 0.717) is 18.1 Å². The topological polar surface area (TPSA) is 88.7 Å². The molecule has 0 fully saturated rings. The lowest BCUT2D eigenvalue weighted by atomic mass is 10.1. The molecule has 0 aliphatic rings. The van der Waals surface area contributed by atoms with Crippen molar-refractivity contribution in [2.75, 3.05) is 12.4 Å². The summed E-state index contributed by atoms with van der Waals surface area (Å²) in [6, 6.07) is 14.8. The molecular weight excluding hydrogens is 328 g/mol. The molecule has 0 bridgehead atoms. The molecule has 26 heavy (non-hydrogen) atoms. The van der Waals surface area contributed by atoms with Crippen molar-refractivity contribution in [3.05, 3.63) is 59.7 Å². The first-order chi connectivity index (χ1) is 12.3. The van der Waals surface area contributed by atoms with Crippen molar-refractivity contribution in [1.29, 1.82) is 0 Å². The number of rotatable bonds is 5. The van der Waals surface area contributed by atoms with Gasteiger partial charge in [-0.05, 0) is 50.6 Å². The molecule has 2 aromatic rings. The van der Waals surface area contributed by atoms with Crippen LogP contribution in [0.15, 0.2) is 53.5 Å². The Morgan fingerprint density at radius 2 is 1.88 bits per heavy atom. The number of carbonyl (C=O) groups is 1. The summed E-state index contributed by atoms with van der Waals surface area (Å²) in [5.74, 6) is 0.925. The number of amides is 1. The van der Waals surface area contributed by atoms with E-state index in [-0.39, 0.29) is 11.4 Å². The van der Waals surface area contributed by atoms with E-state index in [9.17, 15) is 4.79 Å². The zero-order valence-electron chi connectivity index (χ0n) is 15.7. The van der Waals surface area contributed by atoms with Gasteiger partial charge in [-0.3, -0.25) is 4.79 Å². The van der Waals surface area contributed by atoms with Crippen molar-refractivity contribution < 1.29 is 9.53 Å². The van der Waals surface area contributed by atoms with Gasteiger partial charge in [0.1, 0.15) is 5.75 Å². The maximum absolute atomic E-state index is 12.3. The van der Waals surface area contributed by atoms with Crippen LogP contribution in [0.5, 0.6) is 5.75 Å². The van der Waals surface area contributed by atoms with E-state index < -0.39 is 0 Å². The molecule has 0 unspecified atom stereocenters. The third kappa shape index (κ3) is 6.12. The van der Waals surface area contributed by atoms with Crippen molar-refractivity contribution in [1.82, 2.24) is 5.32 Å². The molecule has 0 spiro atoms. The van der Waals surface area contributed by atoms with Gasteiger partial charge in [-0.1, -0.05) is 18.2 Å². The van der Waals surface area contributed by atoms with E-state index in [2.05, 4.69) is 15.6 Å². The number of hydrogen-bond acceptors (Lipinski definition) is 3. The number of nitrogens with one attached hydrogen (secondary N) is 2. The molecule has 0 saturated heterocycles. The zero-order chi connectivity index (χ0) is 19.2. The molecule has 0 atom stereocenters. The summed E-state index contributed by atoms with van der Waals surface area (Å²) >= 11 is 0. The van der Waals surface area contributed by atoms with Crippen LogP contribution in [0, 0.1) is 0 Å².